The summed E-state index contributed by atoms with van der Waals surface area (Å²) in [4.78, 5) is 12.5. The van der Waals surface area contributed by atoms with Crippen LogP contribution in [-0.2, 0) is 0 Å². The second kappa shape index (κ2) is 7.29. The van der Waals surface area contributed by atoms with Crippen LogP contribution in [0.15, 0.2) is 42.0 Å². The number of carbonyl (C=O) groups excluding carboxylic acids is 1. The van der Waals surface area contributed by atoms with Crippen LogP contribution < -0.4 is 14.2 Å². The van der Waals surface area contributed by atoms with E-state index < -0.39 is 0 Å². The minimum absolute atomic E-state index is 0.00193. The highest BCUT2D eigenvalue weighted by Gasteiger charge is 2.18. The van der Waals surface area contributed by atoms with Crippen molar-refractivity contribution in [1.29, 1.82) is 5.26 Å². The molecular weight excluding hydrogens is 342 g/mol. The molecule has 2 aromatic carbocycles. The first-order chi connectivity index (χ1) is 12.1. The molecular formula is C19H14ClNO4. The van der Waals surface area contributed by atoms with Crippen molar-refractivity contribution in [3.05, 3.63) is 58.1 Å². The largest absolute Gasteiger partial charge is 0.497 e. The van der Waals surface area contributed by atoms with E-state index >= 15 is 0 Å². The highest BCUT2D eigenvalue weighted by molar-refractivity contribution is 6.32. The minimum Gasteiger partial charge on any atom is -0.497 e. The summed E-state index contributed by atoms with van der Waals surface area (Å²) in [5.74, 6) is 1.23. The summed E-state index contributed by atoms with van der Waals surface area (Å²) >= 11 is 6.19. The molecule has 1 aliphatic heterocycles. The van der Waals surface area contributed by atoms with Crippen LogP contribution in [0.1, 0.15) is 15.9 Å². The molecule has 0 radical (unpaired) electrons. The summed E-state index contributed by atoms with van der Waals surface area (Å²) in [5.41, 5.74) is 0.989. The Morgan fingerprint density at radius 2 is 1.96 bits per heavy atom. The molecule has 0 saturated heterocycles. The molecule has 2 aromatic rings. The van der Waals surface area contributed by atoms with Gasteiger partial charge in [0.05, 0.1) is 12.1 Å². The van der Waals surface area contributed by atoms with Crippen LogP contribution in [0.2, 0.25) is 5.02 Å². The normalized spacial score (nSPS) is 13.1. The third-order valence-electron chi connectivity index (χ3n) is 3.65. The minimum atomic E-state index is -0.379. The van der Waals surface area contributed by atoms with Gasteiger partial charge in [-0.15, -0.1) is 0 Å². The van der Waals surface area contributed by atoms with Crippen LogP contribution in [0.5, 0.6) is 17.2 Å². The average Bonchev–Trinajstić information content (AvgIpc) is 2.65. The molecule has 1 aliphatic rings. The topological polar surface area (TPSA) is 68.6 Å². The van der Waals surface area contributed by atoms with E-state index in [2.05, 4.69) is 0 Å². The molecule has 0 amide bonds. The number of ketones is 1. The van der Waals surface area contributed by atoms with Crippen LogP contribution >= 0.6 is 11.6 Å². The molecule has 25 heavy (non-hydrogen) atoms. The van der Waals surface area contributed by atoms with E-state index in [0.29, 0.717) is 46.6 Å². The predicted octanol–water partition coefficient (Wildman–Crippen LogP) is 3.91. The molecule has 3 rings (SSSR count). The van der Waals surface area contributed by atoms with Gasteiger partial charge in [0.2, 0.25) is 5.78 Å². The van der Waals surface area contributed by atoms with E-state index in [0.717, 1.165) is 0 Å². The molecule has 0 unspecified atom stereocenters. The van der Waals surface area contributed by atoms with E-state index in [4.69, 9.17) is 25.8 Å². The maximum atomic E-state index is 12.5. The summed E-state index contributed by atoms with van der Waals surface area (Å²) in [5, 5.41) is 9.75. The first kappa shape index (κ1) is 16.9. The third-order valence-corrected chi connectivity index (χ3v) is 3.93. The quantitative estimate of drug-likeness (QED) is 0.472. The Hall–Kier alpha value is -2.97. The average molecular weight is 356 g/mol. The van der Waals surface area contributed by atoms with Crippen molar-refractivity contribution >= 4 is 23.5 Å². The van der Waals surface area contributed by atoms with Crippen LogP contribution in [0, 0.1) is 11.3 Å². The van der Waals surface area contributed by atoms with Gasteiger partial charge in [-0.2, -0.15) is 5.26 Å². The fourth-order valence-electron chi connectivity index (χ4n) is 2.43. The highest BCUT2D eigenvalue weighted by atomic mass is 35.5. The van der Waals surface area contributed by atoms with Gasteiger partial charge in [-0.25, -0.2) is 0 Å². The summed E-state index contributed by atoms with van der Waals surface area (Å²) in [6.45, 7) is 0.855. The standard InChI is InChI=1S/C19H14ClNO4/c1-23-15-4-2-13(3-5-15)18(22)14(11-21)8-12-9-16(20)19-17(10-12)24-6-7-25-19/h2-5,8-10H,6-7H2,1H3/b14-8+. The number of carbonyl (C=O) groups is 1. The number of nitrogens with zero attached hydrogens (tertiary/aromatic N) is 1. The Bertz CT molecular complexity index is 882. The van der Waals surface area contributed by atoms with Crippen LogP contribution in [0.4, 0.5) is 0 Å². The lowest BCUT2D eigenvalue weighted by molar-refractivity contribution is 0.104. The molecule has 0 atom stereocenters. The van der Waals surface area contributed by atoms with Crippen LogP contribution in [0.25, 0.3) is 6.08 Å². The first-order valence-corrected chi connectivity index (χ1v) is 7.90. The fourth-order valence-corrected chi connectivity index (χ4v) is 2.70. The molecule has 0 N–H and O–H groups in total. The first-order valence-electron chi connectivity index (χ1n) is 7.52. The van der Waals surface area contributed by atoms with Crippen molar-refractivity contribution in [2.24, 2.45) is 0 Å². The second-order valence-electron chi connectivity index (χ2n) is 5.25. The molecule has 0 fully saturated rings. The van der Waals surface area contributed by atoms with Crippen LogP contribution in [-0.4, -0.2) is 26.1 Å². The summed E-state index contributed by atoms with van der Waals surface area (Å²) in [7, 11) is 1.54. The molecule has 6 heteroatoms. The Morgan fingerprint density at radius 1 is 1.24 bits per heavy atom. The number of hydrogen-bond donors (Lipinski definition) is 0. The number of benzene rings is 2. The van der Waals surface area contributed by atoms with Crippen molar-refractivity contribution in [1.82, 2.24) is 0 Å². The SMILES string of the molecule is COc1ccc(C(=O)/C(C#N)=C/c2cc(Cl)c3c(c2)OCCO3)cc1. The van der Waals surface area contributed by atoms with Crippen molar-refractivity contribution < 1.29 is 19.0 Å². The summed E-state index contributed by atoms with van der Waals surface area (Å²) in [6.07, 6.45) is 1.48. The van der Waals surface area contributed by atoms with E-state index in [1.165, 1.54) is 6.08 Å². The number of ether oxygens (including phenoxy) is 3. The van der Waals surface area contributed by atoms with Crippen molar-refractivity contribution in [3.63, 3.8) is 0 Å². The highest BCUT2D eigenvalue weighted by Crippen LogP contribution is 2.38. The number of rotatable bonds is 4. The maximum absolute atomic E-state index is 12.5. The van der Waals surface area contributed by atoms with Gasteiger partial charge >= 0.3 is 0 Å². The van der Waals surface area contributed by atoms with Gasteiger partial charge in [0, 0.05) is 5.56 Å². The van der Waals surface area contributed by atoms with Gasteiger partial charge in [-0.1, -0.05) is 11.6 Å². The van der Waals surface area contributed by atoms with E-state index in [1.54, 1.807) is 43.5 Å². The lowest BCUT2D eigenvalue weighted by Gasteiger charge is -2.19. The molecule has 0 spiro atoms. The number of nitriles is 1. The smallest absolute Gasteiger partial charge is 0.203 e. The zero-order chi connectivity index (χ0) is 17.8. The molecule has 0 saturated carbocycles. The molecule has 126 valence electrons. The number of halogens is 1. The van der Waals surface area contributed by atoms with Crippen LogP contribution in [0.3, 0.4) is 0 Å². The fraction of sp³-hybridized carbons (Fsp3) is 0.158. The Morgan fingerprint density at radius 3 is 2.64 bits per heavy atom. The summed E-state index contributed by atoms with van der Waals surface area (Å²) < 4.78 is 16.0. The lowest BCUT2D eigenvalue weighted by Crippen LogP contribution is -2.15. The summed E-state index contributed by atoms with van der Waals surface area (Å²) in [6, 6.07) is 11.8. The van der Waals surface area contributed by atoms with Gasteiger partial charge < -0.3 is 14.2 Å². The van der Waals surface area contributed by atoms with Crippen molar-refractivity contribution in [2.45, 2.75) is 0 Å². The number of hydrogen-bond acceptors (Lipinski definition) is 5. The number of allylic oxidation sites excluding steroid dienone is 1. The molecule has 0 bridgehead atoms. The van der Waals surface area contributed by atoms with Crippen molar-refractivity contribution in [3.8, 4) is 23.3 Å². The van der Waals surface area contributed by atoms with E-state index in [-0.39, 0.29) is 11.4 Å². The van der Waals surface area contributed by atoms with Crippen molar-refractivity contribution in [2.75, 3.05) is 20.3 Å². The Labute approximate surface area is 150 Å². The predicted molar refractivity (Wildman–Crippen MR) is 93.4 cm³/mol. The van der Waals surface area contributed by atoms with Gasteiger partial charge in [0.25, 0.3) is 0 Å². The number of fused-ring (bicyclic) bond motifs is 1. The number of Topliss-reactive ketones (excluding diaryl/α,β-unsaturated/α-hetero) is 1. The zero-order valence-corrected chi connectivity index (χ0v) is 14.2. The van der Waals surface area contributed by atoms with Gasteiger partial charge in [0.1, 0.15) is 30.6 Å². The number of methoxy groups -OCH3 is 1. The molecule has 5 nitrogen and oxygen atoms in total. The van der Waals surface area contributed by atoms with Gasteiger partial charge in [-0.05, 0) is 48.0 Å². The van der Waals surface area contributed by atoms with Gasteiger partial charge in [-0.3, -0.25) is 4.79 Å². The Kier molecular flexibility index (Phi) is 4.92. The van der Waals surface area contributed by atoms with E-state index in [9.17, 15) is 10.1 Å². The second-order valence-corrected chi connectivity index (χ2v) is 5.66. The zero-order valence-electron chi connectivity index (χ0n) is 13.4. The van der Waals surface area contributed by atoms with Gasteiger partial charge in [0.15, 0.2) is 11.5 Å². The van der Waals surface area contributed by atoms with E-state index in [1.807, 2.05) is 6.07 Å². The maximum Gasteiger partial charge on any atom is 0.203 e. The molecule has 0 aliphatic carbocycles. The monoisotopic (exact) mass is 355 g/mol. The Balaban J connectivity index is 1.93. The molecule has 1 heterocycles. The molecule has 0 aromatic heterocycles. The third kappa shape index (κ3) is 3.59. The lowest BCUT2D eigenvalue weighted by atomic mass is 10.0.